The standard InChI is InChI=1S/C33H48ClO10P/c1-8-28(37)40-19-26(36)33(44-29(38)9-2)21(5)16-25-24-13-12-22-17-23(35)14-15-30(22,6)32(24,34)27(18-31(25,33)7)41-20-45(39,42-10-3)43-11-4/h12,14-15,21,24-25,27H,8-11,13,16-20H2,1-7H3/t21-,24-,25-,27-,30-,31-,32-,33-/m0/s1. The summed E-state index contributed by atoms with van der Waals surface area (Å²) in [6.07, 6.45) is 5.86. The molecule has 0 spiro atoms. The highest BCUT2D eigenvalue weighted by Gasteiger charge is 2.76. The lowest BCUT2D eigenvalue weighted by atomic mass is 9.46. The zero-order valence-electron chi connectivity index (χ0n) is 27.5. The van der Waals surface area contributed by atoms with Gasteiger partial charge in [-0.15, -0.1) is 11.6 Å². The van der Waals surface area contributed by atoms with Crippen LogP contribution in [0.5, 0.6) is 0 Å². The Bertz CT molecular complexity index is 1300. The number of fused-ring (bicyclic) bond motifs is 5. The summed E-state index contributed by atoms with van der Waals surface area (Å²) in [4.78, 5) is 50.9. The fourth-order valence-electron chi connectivity index (χ4n) is 8.74. The van der Waals surface area contributed by atoms with E-state index in [9.17, 15) is 23.7 Å². The first-order valence-corrected chi connectivity index (χ1v) is 18.2. The lowest BCUT2D eigenvalue weighted by Crippen LogP contribution is -2.69. The van der Waals surface area contributed by atoms with E-state index in [-0.39, 0.29) is 62.9 Å². The summed E-state index contributed by atoms with van der Waals surface area (Å²) in [6.45, 7) is 12.3. The molecule has 0 aliphatic heterocycles. The summed E-state index contributed by atoms with van der Waals surface area (Å²) in [5.74, 6) is -2.51. The summed E-state index contributed by atoms with van der Waals surface area (Å²) in [5, 5.41) is 0. The van der Waals surface area contributed by atoms with Crippen LogP contribution in [-0.4, -0.2) is 66.3 Å². The van der Waals surface area contributed by atoms with Crippen LogP contribution >= 0.6 is 19.2 Å². The first-order valence-electron chi connectivity index (χ1n) is 16.1. The summed E-state index contributed by atoms with van der Waals surface area (Å²) >= 11 is 7.93. The number of ether oxygens (including phenoxy) is 3. The number of alkyl halides is 1. The molecule has 4 aliphatic rings. The van der Waals surface area contributed by atoms with Gasteiger partial charge >= 0.3 is 19.5 Å². The Hall–Kier alpha value is -1.84. The van der Waals surface area contributed by atoms with Gasteiger partial charge in [-0.25, -0.2) is 0 Å². The van der Waals surface area contributed by atoms with Crippen molar-refractivity contribution < 1.29 is 47.0 Å². The summed E-state index contributed by atoms with van der Waals surface area (Å²) in [7, 11) is -3.67. The molecule has 8 atom stereocenters. The Kier molecular flexibility index (Phi) is 10.7. The van der Waals surface area contributed by atoms with Crippen LogP contribution in [0.3, 0.4) is 0 Å². The predicted molar refractivity (Wildman–Crippen MR) is 168 cm³/mol. The lowest BCUT2D eigenvalue weighted by Gasteiger charge is -2.64. The zero-order chi connectivity index (χ0) is 33.4. The van der Waals surface area contributed by atoms with Crippen molar-refractivity contribution in [2.24, 2.45) is 28.6 Å². The van der Waals surface area contributed by atoms with Gasteiger partial charge in [0.2, 0.25) is 5.78 Å². The smallest absolute Gasteiger partial charge is 0.356 e. The number of Topliss-reactive ketones (excluding diaryl/α,β-unsaturated/α-hetero) is 1. The molecular formula is C33H48ClO10P. The van der Waals surface area contributed by atoms with E-state index < -0.39 is 65.3 Å². The molecule has 0 N–H and O–H groups in total. The molecule has 12 heteroatoms. The second-order valence-corrected chi connectivity index (χ2v) is 15.7. The number of rotatable bonds is 13. The van der Waals surface area contributed by atoms with Gasteiger partial charge < -0.3 is 23.3 Å². The van der Waals surface area contributed by atoms with Crippen molar-refractivity contribution in [1.29, 1.82) is 0 Å². The molecule has 0 unspecified atom stereocenters. The van der Waals surface area contributed by atoms with Gasteiger partial charge in [-0.05, 0) is 51.0 Å². The monoisotopic (exact) mass is 670 g/mol. The minimum atomic E-state index is -3.67. The fourth-order valence-corrected chi connectivity index (χ4v) is 10.7. The Labute approximate surface area is 271 Å². The minimum Gasteiger partial charge on any atom is -0.457 e. The van der Waals surface area contributed by atoms with Crippen LogP contribution in [0.2, 0.25) is 0 Å². The maximum atomic E-state index is 14.3. The van der Waals surface area contributed by atoms with Crippen LogP contribution in [0, 0.1) is 28.6 Å². The number of carbonyl (C=O) groups excluding carboxylic acids is 4. The van der Waals surface area contributed by atoms with Crippen LogP contribution in [-0.2, 0) is 47.0 Å². The number of hydrogen-bond donors (Lipinski definition) is 0. The molecule has 4 rings (SSSR count). The van der Waals surface area contributed by atoms with Gasteiger partial charge in [0, 0.05) is 36.0 Å². The maximum Gasteiger partial charge on any atom is 0.356 e. The molecule has 0 bridgehead atoms. The molecule has 10 nitrogen and oxygen atoms in total. The Morgan fingerprint density at radius 2 is 1.67 bits per heavy atom. The van der Waals surface area contributed by atoms with Gasteiger partial charge in [0.15, 0.2) is 18.0 Å². The normalized spacial score (nSPS) is 37.2. The van der Waals surface area contributed by atoms with Crippen LogP contribution in [0.25, 0.3) is 0 Å². The van der Waals surface area contributed by atoms with Gasteiger partial charge in [0.05, 0.1) is 24.2 Å². The van der Waals surface area contributed by atoms with E-state index in [0.717, 1.165) is 5.57 Å². The molecule has 4 aliphatic carbocycles. The van der Waals surface area contributed by atoms with Crippen LogP contribution in [0.1, 0.15) is 87.0 Å². The van der Waals surface area contributed by atoms with E-state index in [1.807, 2.05) is 26.8 Å². The van der Waals surface area contributed by atoms with E-state index in [1.54, 1.807) is 33.8 Å². The summed E-state index contributed by atoms with van der Waals surface area (Å²) < 4.78 is 42.8. The largest absolute Gasteiger partial charge is 0.457 e. The van der Waals surface area contributed by atoms with Crippen LogP contribution in [0.15, 0.2) is 23.8 Å². The van der Waals surface area contributed by atoms with Crippen molar-refractivity contribution in [2.45, 2.75) is 104 Å². The molecule has 0 aromatic heterocycles. The zero-order valence-corrected chi connectivity index (χ0v) is 29.2. The molecule has 2 saturated carbocycles. The molecule has 2 fully saturated rings. The molecule has 0 saturated heterocycles. The van der Waals surface area contributed by atoms with Crippen LogP contribution in [0.4, 0.5) is 0 Å². The Morgan fingerprint density at radius 1 is 1.02 bits per heavy atom. The molecule has 0 aromatic rings. The van der Waals surface area contributed by atoms with E-state index in [0.29, 0.717) is 12.8 Å². The van der Waals surface area contributed by atoms with Crippen molar-refractivity contribution in [3.8, 4) is 0 Å². The second-order valence-electron chi connectivity index (χ2n) is 13.1. The molecule has 252 valence electrons. The molecular weight excluding hydrogens is 623 g/mol. The van der Waals surface area contributed by atoms with Gasteiger partial charge in [-0.1, -0.05) is 52.3 Å². The number of halogens is 1. The van der Waals surface area contributed by atoms with Crippen molar-refractivity contribution >= 4 is 42.7 Å². The molecule has 0 aromatic carbocycles. The lowest BCUT2D eigenvalue weighted by molar-refractivity contribution is -0.205. The van der Waals surface area contributed by atoms with Gasteiger partial charge in [-0.2, -0.15) is 0 Å². The highest BCUT2D eigenvalue weighted by atomic mass is 35.5. The SMILES string of the molecule is CCOP(=O)(CO[C@H]1C[C@@]2(C)[C@@H](C[C@H](C)[C@]2(OC(=O)CC)C(=O)COC(=O)CC)[C@@H]2CC=C3CC(=O)C=C[C@]3(C)[C@@]12Cl)OCC. The van der Waals surface area contributed by atoms with E-state index in [1.165, 1.54) is 0 Å². The van der Waals surface area contributed by atoms with Gasteiger partial charge in [0.25, 0.3) is 0 Å². The van der Waals surface area contributed by atoms with Crippen molar-refractivity contribution in [3.63, 3.8) is 0 Å². The van der Waals surface area contributed by atoms with E-state index in [4.69, 9.17) is 34.9 Å². The number of esters is 2. The third-order valence-electron chi connectivity index (χ3n) is 10.8. The number of allylic oxidation sites excluding steroid dienone is 4. The predicted octanol–water partition coefficient (Wildman–Crippen LogP) is 6.33. The highest BCUT2D eigenvalue weighted by Crippen LogP contribution is 2.72. The maximum absolute atomic E-state index is 14.3. The Balaban J connectivity index is 1.88. The topological polar surface area (TPSA) is 132 Å². The Morgan fingerprint density at radius 3 is 2.27 bits per heavy atom. The average molecular weight is 671 g/mol. The first-order chi connectivity index (χ1) is 21.1. The number of hydrogen-bond acceptors (Lipinski definition) is 10. The molecule has 0 heterocycles. The third-order valence-corrected chi connectivity index (χ3v) is 13.5. The molecule has 0 amide bonds. The van der Waals surface area contributed by atoms with Crippen molar-refractivity contribution in [2.75, 3.05) is 26.2 Å². The van der Waals surface area contributed by atoms with Crippen molar-refractivity contribution in [1.82, 2.24) is 0 Å². The number of carbonyl (C=O) groups is 4. The molecule has 0 radical (unpaired) electrons. The second kappa shape index (κ2) is 13.3. The number of ketones is 2. The fraction of sp³-hybridized carbons (Fsp3) is 0.758. The van der Waals surface area contributed by atoms with Crippen molar-refractivity contribution in [3.05, 3.63) is 23.8 Å². The third kappa shape index (κ3) is 5.81. The minimum absolute atomic E-state index is 0.0139. The van der Waals surface area contributed by atoms with Gasteiger partial charge in [0.1, 0.15) is 6.35 Å². The quantitative estimate of drug-likeness (QED) is 0.0947. The first kappa shape index (κ1) is 36.0. The van der Waals surface area contributed by atoms with E-state index in [2.05, 4.69) is 6.08 Å². The average Bonchev–Trinajstić information content (AvgIpc) is 3.21. The van der Waals surface area contributed by atoms with Gasteiger partial charge in [-0.3, -0.25) is 23.7 Å². The van der Waals surface area contributed by atoms with E-state index >= 15 is 0 Å². The summed E-state index contributed by atoms with van der Waals surface area (Å²) in [5.41, 5.74) is -2.54. The highest BCUT2D eigenvalue weighted by molar-refractivity contribution is 7.53. The summed E-state index contributed by atoms with van der Waals surface area (Å²) in [6, 6.07) is 0. The van der Waals surface area contributed by atoms with Crippen LogP contribution < -0.4 is 0 Å². The molecule has 45 heavy (non-hydrogen) atoms.